The highest BCUT2D eigenvalue weighted by Crippen LogP contribution is 2.43. The molecule has 1 aliphatic heterocycles. The van der Waals surface area contributed by atoms with E-state index in [0.29, 0.717) is 52.5 Å². The van der Waals surface area contributed by atoms with E-state index in [-0.39, 0.29) is 16.8 Å². The number of methoxy groups -OCH3 is 1. The lowest BCUT2D eigenvalue weighted by atomic mass is 9.97. The Kier molecular flexibility index (Phi) is 8.14. The molecule has 0 bridgehead atoms. The van der Waals surface area contributed by atoms with Gasteiger partial charge in [0, 0.05) is 5.69 Å². The van der Waals surface area contributed by atoms with Crippen molar-refractivity contribution in [3.05, 3.63) is 135 Å². The Labute approximate surface area is 254 Å². The van der Waals surface area contributed by atoms with Gasteiger partial charge in [-0.1, -0.05) is 61.9 Å². The quantitative estimate of drug-likeness (QED) is 0.127. The van der Waals surface area contributed by atoms with Gasteiger partial charge in [0.15, 0.2) is 16.9 Å². The number of hydrogen-bond acceptors (Lipinski definition) is 7. The van der Waals surface area contributed by atoms with Crippen molar-refractivity contribution in [3.63, 3.8) is 0 Å². The molecule has 1 aliphatic rings. The van der Waals surface area contributed by atoms with Gasteiger partial charge in [-0.25, -0.2) is 4.79 Å². The molecule has 5 aromatic rings. The number of amides is 1. The van der Waals surface area contributed by atoms with Gasteiger partial charge in [-0.3, -0.25) is 14.5 Å². The lowest BCUT2D eigenvalue weighted by Gasteiger charge is -2.26. The number of unbranched alkanes of at least 4 members (excludes halogenated alkanes) is 1. The second kappa shape index (κ2) is 12.5. The highest BCUT2D eigenvalue weighted by Gasteiger charge is 2.44. The predicted molar refractivity (Wildman–Crippen MR) is 167 cm³/mol. The normalized spacial score (nSPS) is 14.0. The summed E-state index contributed by atoms with van der Waals surface area (Å²) in [6.45, 7) is 2.71. The summed E-state index contributed by atoms with van der Waals surface area (Å²) in [5, 5.41) is 0.380. The Morgan fingerprint density at radius 1 is 0.886 bits per heavy atom. The molecule has 0 saturated heterocycles. The van der Waals surface area contributed by atoms with Crippen LogP contribution >= 0.6 is 0 Å². The number of fused-ring (bicyclic) bond motifs is 2. The molecule has 0 fully saturated rings. The number of anilines is 1. The summed E-state index contributed by atoms with van der Waals surface area (Å²) in [7, 11) is 1.54. The maximum Gasteiger partial charge on any atom is 0.338 e. The van der Waals surface area contributed by atoms with E-state index in [2.05, 4.69) is 0 Å². The van der Waals surface area contributed by atoms with E-state index < -0.39 is 17.9 Å². The predicted octanol–water partition coefficient (Wildman–Crippen LogP) is 7.09. The molecule has 0 aliphatic carbocycles. The van der Waals surface area contributed by atoms with Crippen LogP contribution in [0.25, 0.3) is 11.0 Å². The first-order valence-corrected chi connectivity index (χ1v) is 14.5. The lowest BCUT2D eigenvalue weighted by molar-refractivity contribution is 0.0499. The minimum atomic E-state index is -0.821. The van der Waals surface area contributed by atoms with Crippen LogP contribution in [0, 0.1) is 0 Å². The number of rotatable bonds is 10. The second-order valence-corrected chi connectivity index (χ2v) is 10.5. The fourth-order valence-electron chi connectivity index (χ4n) is 5.36. The topological polar surface area (TPSA) is 95.3 Å². The van der Waals surface area contributed by atoms with Crippen molar-refractivity contribution in [1.29, 1.82) is 0 Å². The fraction of sp³-hybridized carbons (Fsp3) is 0.194. The molecule has 0 radical (unpaired) electrons. The van der Waals surface area contributed by atoms with Crippen molar-refractivity contribution in [2.75, 3.05) is 18.6 Å². The Balaban J connectivity index is 1.41. The molecule has 1 aromatic heterocycles. The average Bonchev–Trinajstić information content (AvgIpc) is 3.36. The van der Waals surface area contributed by atoms with Crippen LogP contribution in [0.5, 0.6) is 11.5 Å². The van der Waals surface area contributed by atoms with Gasteiger partial charge in [0.25, 0.3) is 5.91 Å². The molecule has 4 aromatic carbocycles. The third-order valence-electron chi connectivity index (χ3n) is 7.63. The number of carbonyl (C=O) groups is 2. The summed E-state index contributed by atoms with van der Waals surface area (Å²) in [5.41, 5.74) is 2.76. The number of carbonyl (C=O) groups excluding carboxylic acids is 2. The summed E-state index contributed by atoms with van der Waals surface area (Å²) >= 11 is 0. The summed E-state index contributed by atoms with van der Waals surface area (Å²) in [5.74, 6) is 0.0541. The molecular formula is C36H31NO7. The Morgan fingerprint density at radius 2 is 1.64 bits per heavy atom. The van der Waals surface area contributed by atoms with E-state index >= 15 is 0 Å². The van der Waals surface area contributed by atoms with Crippen molar-refractivity contribution in [1.82, 2.24) is 0 Å². The maximum atomic E-state index is 14.0. The van der Waals surface area contributed by atoms with Crippen LogP contribution in [-0.2, 0) is 11.3 Å². The van der Waals surface area contributed by atoms with Crippen molar-refractivity contribution in [3.8, 4) is 11.5 Å². The summed E-state index contributed by atoms with van der Waals surface area (Å²) < 4.78 is 23.2. The van der Waals surface area contributed by atoms with E-state index in [9.17, 15) is 14.4 Å². The van der Waals surface area contributed by atoms with Crippen LogP contribution in [0.15, 0.2) is 106 Å². The van der Waals surface area contributed by atoms with Crippen molar-refractivity contribution in [2.45, 2.75) is 32.4 Å². The smallest absolute Gasteiger partial charge is 0.338 e. The van der Waals surface area contributed by atoms with Crippen LogP contribution < -0.4 is 19.8 Å². The van der Waals surface area contributed by atoms with Crippen LogP contribution in [0.2, 0.25) is 0 Å². The van der Waals surface area contributed by atoms with Gasteiger partial charge in [-0.05, 0) is 66.1 Å². The molecule has 1 amide bonds. The largest absolute Gasteiger partial charge is 0.493 e. The number of esters is 1. The van der Waals surface area contributed by atoms with Crippen molar-refractivity contribution < 1.29 is 28.2 Å². The zero-order valence-corrected chi connectivity index (χ0v) is 24.4. The highest BCUT2D eigenvalue weighted by molar-refractivity contribution is 6.10. The molecule has 0 N–H and O–H groups in total. The van der Waals surface area contributed by atoms with Crippen molar-refractivity contribution >= 4 is 28.5 Å². The van der Waals surface area contributed by atoms with Crippen LogP contribution in [0.3, 0.4) is 0 Å². The van der Waals surface area contributed by atoms with Crippen LogP contribution in [0.4, 0.5) is 5.69 Å². The van der Waals surface area contributed by atoms with Gasteiger partial charge in [-0.15, -0.1) is 0 Å². The Bertz CT molecular complexity index is 1880. The molecule has 222 valence electrons. The Hall–Kier alpha value is -5.37. The molecule has 2 heterocycles. The van der Waals surface area contributed by atoms with Gasteiger partial charge in [0.05, 0.1) is 36.3 Å². The minimum Gasteiger partial charge on any atom is -0.493 e. The van der Waals surface area contributed by atoms with Crippen LogP contribution in [-0.4, -0.2) is 25.6 Å². The standard InChI is InChI=1S/C36H31NO7/c1-3-4-20-42-36(40)24-14-17-26(18-15-24)37-32(31-33(38)27-12-8-9-13-28(27)44-34(31)35(37)39)25-16-19-29(30(21-25)41-2)43-22-23-10-6-5-7-11-23/h5-19,21,32H,3-4,20,22H2,1-2H3. The first kappa shape index (κ1) is 28.7. The summed E-state index contributed by atoms with van der Waals surface area (Å²) in [6, 6.07) is 27.8. The third kappa shape index (κ3) is 5.42. The third-order valence-corrected chi connectivity index (χ3v) is 7.63. The number of benzene rings is 4. The lowest BCUT2D eigenvalue weighted by Crippen LogP contribution is -2.29. The maximum absolute atomic E-state index is 14.0. The number of ether oxygens (including phenoxy) is 3. The molecule has 1 atom stereocenters. The average molecular weight is 590 g/mol. The molecule has 44 heavy (non-hydrogen) atoms. The SMILES string of the molecule is CCCCOC(=O)c1ccc(N2C(=O)c3oc4ccccc4c(=O)c3C2c2ccc(OCc3ccccc3)c(OC)c2)cc1. The molecule has 6 rings (SSSR count). The first-order chi connectivity index (χ1) is 21.5. The van der Waals surface area contributed by atoms with Crippen molar-refractivity contribution in [2.24, 2.45) is 0 Å². The number of para-hydroxylation sites is 1. The first-order valence-electron chi connectivity index (χ1n) is 14.5. The second-order valence-electron chi connectivity index (χ2n) is 10.5. The molecular weight excluding hydrogens is 558 g/mol. The molecule has 8 nitrogen and oxygen atoms in total. The van der Waals surface area contributed by atoms with Crippen LogP contribution in [0.1, 0.15) is 63.4 Å². The molecule has 8 heteroatoms. The fourth-order valence-corrected chi connectivity index (χ4v) is 5.36. The minimum absolute atomic E-state index is 0.0230. The molecule has 0 spiro atoms. The van der Waals surface area contributed by atoms with Gasteiger partial charge >= 0.3 is 5.97 Å². The zero-order valence-electron chi connectivity index (χ0n) is 24.4. The van der Waals surface area contributed by atoms with E-state index in [1.54, 1.807) is 67.8 Å². The van der Waals surface area contributed by atoms with Gasteiger partial charge < -0.3 is 18.6 Å². The van der Waals surface area contributed by atoms with E-state index in [0.717, 1.165) is 18.4 Å². The van der Waals surface area contributed by atoms with Gasteiger partial charge in [0.1, 0.15) is 12.2 Å². The molecule has 0 saturated carbocycles. The zero-order chi connectivity index (χ0) is 30.6. The van der Waals surface area contributed by atoms with E-state index in [4.69, 9.17) is 18.6 Å². The highest BCUT2D eigenvalue weighted by atomic mass is 16.5. The molecule has 1 unspecified atom stereocenters. The van der Waals surface area contributed by atoms with Gasteiger partial charge in [0.2, 0.25) is 5.76 Å². The Morgan fingerprint density at radius 3 is 2.39 bits per heavy atom. The van der Waals surface area contributed by atoms with E-state index in [1.807, 2.05) is 43.3 Å². The van der Waals surface area contributed by atoms with E-state index in [1.165, 1.54) is 4.90 Å². The van der Waals surface area contributed by atoms with Gasteiger partial charge in [-0.2, -0.15) is 0 Å². The number of hydrogen-bond donors (Lipinski definition) is 0. The number of nitrogens with zero attached hydrogens (tertiary/aromatic N) is 1. The summed E-state index contributed by atoms with van der Waals surface area (Å²) in [4.78, 5) is 42.0. The monoisotopic (exact) mass is 589 g/mol. The summed E-state index contributed by atoms with van der Waals surface area (Å²) in [6.07, 6.45) is 1.69.